The van der Waals surface area contributed by atoms with Crippen molar-refractivity contribution in [3.8, 4) is 11.8 Å². The fraction of sp³-hybridized carbons (Fsp3) is 0.400. The lowest BCUT2D eigenvalue weighted by molar-refractivity contribution is -0.122. The van der Waals surface area contributed by atoms with E-state index in [0.29, 0.717) is 12.1 Å². The van der Waals surface area contributed by atoms with Gasteiger partial charge in [-0.25, -0.2) is 9.69 Å². The molecule has 0 unspecified atom stereocenters. The largest absolute Gasteiger partial charge is 0.447 e. The number of carbonyl (C=O) groups excluding carboxylic acids is 2. The van der Waals surface area contributed by atoms with E-state index in [1.165, 1.54) is 6.08 Å². The van der Waals surface area contributed by atoms with Crippen LogP contribution in [0.15, 0.2) is 11.6 Å². The molecule has 0 radical (unpaired) electrons. The van der Waals surface area contributed by atoms with Crippen LogP contribution in [0.3, 0.4) is 0 Å². The SMILES string of the molecule is CC#C/C(C)=C/C(=O)N1CCOC1=O. The van der Waals surface area contributed by atoms with Crippen molar-refractivity contribution < 1.29 is 14.3 Å². The first kappa shape index (κ1) is 10.3. The van der Waals surface area contributed by atoms with Crippen LogP contribution in [-0.4, -0.2) is 30.1 Å². The Balaban J connectivity index is 2.69. The van der Waals surface area contributed by atoms with Crippen LogP contribution in [-0.2, 0) is 9.53 Å². The zero-order valence-corrected chi connectivity index (χ0v) is 8.16. The Labute approximate surface area is 82.5 Å². The lowest BCUT2D eigenvalue weighted by Gasteiger charge is -2.06. The number of allylic oxidation sites excluding steroid dienone is 1. The molecule has 1 aliphatic heterocycles. The van der Waals surface area contributed by atoms with Crippen LogP contribution in [0, 0.1) is 11.8 Å². The van der Waals surface area contributed by atoms with Crippen molar-refractivity contribution >= 4 is 12.0 Å². The topological polar surface area (TPSA) is 46.6 Å². The molecule has 1 heterocycles. The highest BCUT2D eigenvalue weighted by Gasteiger charge is 2.26. The van der Waals surface area contributed by atoms with Crippen LogP contribution < -0.4 is 0 Å². The van der Waals surface area contributed by atoms with Gasteiger partial charge in [0.2, 0.25) is 0 Å². The molecule has 0 atom stereocenters. The standard InChI is InChI=1S/C10H11NO3/c1-3-4-8(2)7-9(12)11-5-6-14-10(11)13/h7H,5-6H2,1-2H3/b8-7+. The van der Waals surface area contributed by atoms with E-state index < -0.39 is 6.09 Å². The summed E-state index contributed by atoms with van der Waals surface area (Å²) in [5, 5.41) is 0. The number of nitrogens with zero attached hydrogens (tertiary/aromatic N) is 1. The molecule has 1 fully saturated rings. The molecule has 0 saturated carbocycles. The Kier molecular flexibility index (Phi) is 3.29. The summed E-state index contributed by atoms with van der Waals surface area (Å²) in [7, 11) is 0. The predicted molar refractivity (Wildman–Crippen MR) is 50.3 cm³/mol. The van der Waals surface area contributed by atoms with E-state index in [1.807, 2.05) is 0 Å². The minimum atomic E-state index is -0.580. The van der Waals surface area contributed by atoms with Crippen molar-refractivity contribution in [2.75, 3.05) is 13.2 Å². The van der Waals surface area contributed by atoms with Crippen LogP contribution in [0.25, 0.3) is 0 Å². The average Bonchev–Trinajstić information content (AvgIpc) is 2.51. The number of amides is 2. The molecule has 4 heteroatoms. The summed E-state index contributed by atoms with van der Waals surface area (Å²) in [6.45, 7) is 4.00. The fourth-order valence-corrected chi connectivity index (χ4v) is 1.09. The van der Waals surface area contributed by atoms with Crippen molar-refractivity contribution in [2.24, 2.45) is 0 Å². The zero-order valence-electron chi connectivity index (χ0n) is 8.16. The molecule has 74 valence electrons. The number of hydrogen-bond acceptors (Lipinski definition) is 3. The van der Waals surface area contributed by atoms with Gasteiger partial charge in [0.15, 0.2) is 0 Å². The highest BCUT2D eigenvalue weighted by molar-refractivity contribution is 6.00. The first-order valence-corrected chi connectivity index (χ1v) is 4.24. The lowest BCUT2D eigenvalue weighted by atomic mass is 10.2. The van der Waals surface area contributed by atoms with Crippen LogP contribution in [0.4, 0.5) is 4.79 Å². The van der Waals surface area contributed by atoms with Gasteiger partial charge in [-0.05, 0) is 13.8 Å². The molecule has 2 amide bonds. The molecular weight excluding hydrogens is 182 g/mol. The summed E-state index contributed by atoms with van der Waals surface area (Å²) < 4.78 is 4.63. The van der Waals surface area contributed by atoms with E-state index in [2.05, 4.69) is 16.6 Å². The number of carbonyl (C=O) groups is 2. The van der Waals surface area contributed by atoms with E-state index in [0.717, 1.165) is 4.90 Å². The van der Waals surface area contributed by atoms with Crippen LogP contribution in [0.1, 0.15) is 13.8 Å². The molecule has 0 aromatic rings. The molecular formula is C10H11NO3. The smallest absolute Gasteiger partial charge is 0.416 e. The van der Waals surface area contributed by atoms with Gasteiger partial charge in [0.25, 0.3) is 5.91 Å². The van der Waals surface area contributed by atoms with Gasteiger partial charge in [-0.2, -0.15) is 0 Å². The van der Waals surface area contributed by atoms with Crippen molar-refractivity contribution in [1.29, 1.82) is 0 Å². The van der Waals surface area contributed by atoms with Gasteiger partial charge in [-0.3, -0.25) is 4.79 Å². The van der Waals surface area contributed by atoms with Gasteiger partial charge < -0.3 is 4.74 Å². The van der Waals surface area contributed by atoms with E-state index in [-0.39, 0.29) is 12.5 Å². The Morgan fingerprint density at radius 1 is 1.64 bits per heavy atom. The third kappa shape index (κ3) is 2.36. The molecule has 1 saturated heterocycles. The highest BCUT2D eigenvalue weighted by Crippen LogP contribution is 2.05. The van der Waals surface area contributed by atoms with Crippen molar-refractivity contribution in [3.63, 3.8) is 0 Å². The second-order valence-corrected chi connectivity index (χ2v) is 2.81. The van der Waals surface area contributed by atoms with Gasteiger partial charge in [-0.15, -0.1) is 5.92 Å². The lowest BCUT2D eigenvalue weighted by Crippen LogP contribution is -2.30. The first-order chi connectivity index (χ1) is 6.65. The van der Waals surface area contributed by atoms with Crippen LogP contribution in [0.5, 0.6) is 0 Å². The maximum atomic E-state index is 11.4. The number of hydrogen-bond donors (Lipinski definition) is 0. The van der Waals surface area contributed by atoms with Crippen LogP contribution >= 0.6 is 0 Å². The summed E-state index contributed by atoms with van der Waals surface area (Å²) in [5.41, 5.74) is 0.636. The van der Waals surface area contributed by atoms with Gasteiger partial charge in [0.1, 0.15) is 6.61 Å². The maximum absolute atomic E-state index is 11.4. The van der Waals surface area contributed by atoms with Crippen LogP contribution in [0.2, 0.25) is 0 Å². The summed E-state index contributed by atoms with van der Waals surface area (Å²) in [5.74, 6) is 5.03. The summed E-state index contributed by atoms with van der Waals surface area (Å²) in [6, 6.07) is 0. The fourth-order valence-electron chi connectivity index (χ4n) is 1.09. The average molecular weight is 193 g/mol. The first-order valence-electron chi connectivity index (χ1n) is 4.24. The van der Waals surface area contributed by atoms with E-state index in [1.54, 1.807) is 13.8 Å². The third-order valence-corrected chi connectivity index (χ3v) is 1.69. The minimum Gasteiger partial charge on any atom is -0.447 e. The molecule has 0 aromatic carbocycles. The van der Waals surface area contributed by atoms with Gasteiger partial charge in [-0.1, -0.05) is 5.92 Å². The van der Waals surface area contributed by atoms with Crippen molar-refractivity contribution in [2.45, 2.75) is 13.8 Å². The van der Waals surface area contributed by atoms with Gasteiger partial charge in [0.05, 0.1) is 6.54 Å². The van der Waals surface area contributed by atoms with E-state index in [4.69, 9.17) is 0 Å². The number of imide groups is 1. The van der Waals surface area contributed by atoms with Gasteiger partial charge >= 0.3 is 6.09 Å². The molecule has 0 bridgehead atoms. The summed E-state index contributed by atoms with van der Waals surface area (Å²) in [6.07, 6.45) is 0.756. The number of ether oxygens (including phenoxy) is 1. The Bertz CT molecular complexity index is 346. The van der Waals surface area contributed by atoms with Crippen molar-refractivity contribution in [1.82, 2.24) is 4.90 Å². The molecule has 4 nitrogen and oxygen atoms in total. The normalized spacial score (nSPS) is 16.0. The Hall–Kier alpha value is -1.76. The molecule has 1 rings (SSSR count). The number of rotatable bonds is 1. The third-order valence-electron chi connectivity index (χ3n) is 1.69. The molecule has 1 aliphatic rings. The zero-order chi connectivity index (χ0) is 10.6. The Morgan fingerprint density at radius 2 is 2.36 bits per heavy atom. The minimum absolute atomic E-state index is 0.275. The van der Waals surface area contributed by atoms with Gasteiger partial charge in [0, 0.05) is 11.6 Å². The molecule has 14 heavy (non-hydrogen) atoms. The predicted octanol–water partition coefficient (Wildman–Crippen LogP) is 0.935. The van der Waals surface area contributed by atoms with Crippen molar-refractivity contribution in [3.05, 3.63) is 11.6 Å². The maximum Gasteiger partial charge on any atom is 0.416 e. The second kappa shape index (κ2) is 4.47. The van der Waals surface area contributed by atoms with E-state index >= 15 is 0 Å². The molecule has 0 aromatic heterocycles. The molecule has 0 aliphatic carbocycles. The highest BCUT2D eigenvalue weighted by atomic mass is 16.6. The number of cyclic esters (lactones) is 1. The Morgan fingerprint density at radius 3 is 2.86 bits per heavy atom. The summed E-state index contributed by atoms with van der Waals surface area (Å²) in [4.78, 5) is 23.5. The summed E-state index contributed by atoms with van der Waals surface area (Å²) >= 11 is 0. The molecule has 0 N–H and O–H groups in total. The second-order valence-electron chi connectivity index (χ2n) is 2.81. The van der Waals surface area contributed by atoms with E-state index in [9.17, 15) is 9.59 Å². The quantitative estimate of drug-likeness (QED) is 0.460. The monoisotopic (exact) mass is 193 g/mol. The molecule has 0 spiro atoms.